The van der Waals surface area contributed by atoms with Gasteiger partial charge in [-0.05, 0) is 25.1 Å². The maximum absolute atomic E-state index is 11.7. The van der Waals surface area contributed by atoms with Crippen molar-refractivity contribution in [2.24, 2.45) is 0 Å². The maximum atomic E-state index is 11.7. The maximum Gasteiger partial charge on any atom is 0.338 e. The molecular weight excluding hydrogens is 246 g/mol. The fraction of sp³-hybridized carbons (Fsp3) is 0.286. The van der Waals surface area contributed by atoms with Crippen LogP contribution < -0.4 is 4.74 Å². The molecule has 2 aromatic rings. The van der Waals surface area contributed by atoms with Crippen LogP contribution in [0.25, 0.3) is 10.9 Å². The zero-order valence-corrected chi connectivity index (χ0v) is 10.8. The lowest BCUT2D eigenvalue weighted by molar-refractivity contribution is 0.0526. The number of hydrogen-bond donors (Lipinski definition) is 1. The van der Waals surface area contributed by atoms with Gasteiger partial charge in [0.1, 0.15) is 11.3 Å². The summed E-state index contributed by atoms with van der Waals surface area (Å²) in [7, 11) is 1.51. The van der Waals surface area contributed by atoms with Crippen molar-refractivity contribution in [2.75, 3.05) is 13.7 Å². The van der Waals surface area contributed by atoms with Gasteiger partial charge in [0.2, 0.25) is 0 Å². The van der Waals surface area contributed by atoms with Crippen LogP contribution in [-0.2, 0) is 11.3 Å². The van der Waals surface area contributed by atoms with Crippen molar-refractivity contribution in [3.63, 3.8) is 0 Å². The molecule has 1 aromatic carbocycles. The molecule has 5 heteroatoms. The number of aromatic nitrogens is 1. The molecule has 0 radical (unpaired) electrons. The molecule has 0 atom stereocenters. The lowest BCUT2D eigenvalue weighted by atomic mass is 10.1. The van der Waals surface area contributed by atoms with Gasteiger partial charge in [-0.15, -0.1) is 0 Å². The standard InChI is InChI=1S/C14H15NO4/c1-3-19-14(17)10-6-9-4-5-11(8-16)15-13(9)12(7-10)18-2/h4-7,16H,3,8H2,1-2H3. The summed E-state index contributed by atoms with van der Waals surface area (Å²) in [6.07, 6.45) is 0. The molecule has 0 saturated heterocycles. The Morgan fingerprint density at radius 2 is 2.16 bits per heavy atom. The van der Waals surface area contributed by atoms with Crippen LogP contribution in [0.5, 0.6) is 5.75 Å². The van der Waals surface area contributed by atoms with Gasteiger partial charge in [-0.2, -0.15) is 0 Å². The predicted octanol–water partition coefficient (Wildman–Crippen LogP) is 1.91. The van der Waals surface area contributed by atoms with E-state index in [0.29, 0.717) is 29.1 Å². The molecule has 0 aliphatic rings. The third kappa shape index (κ3) is 2.66. The molecule has 0 bridgehead atoms. The Morgan fingerprint density at radius 3 is 2.79 bits per heavy atom. The smallest absolute Gasteiger partial charge is 0.338 e. The molecule has 0 fully saturated rings. The number of hydrogen-bond acceptors (Lipinski definition) is 5. The number of ether oxygens (including phenoxy) is 2. The SMILES string of the molecule is CCOC(=O)c1cc(OC)c2nc(CO)ccc2c1. The van der Waals surface area contributed by atoms with E-state index >= 15 is 0 Å². The summed E-state index contributed by atoms with van der Waals surface area (Å²) in [5.41, 5.74) is 1.58. The summed E-state index contributed by atoms with van der Waals surface area (Å²) in [6.45, 7) is 1.94. The average molecular weight is 261 g/mol. The number of fused-ring (bicyclic) bond motifs is 1. The van der Waals surface area contributed by atoms with Crippen molar-refractivity contribution in [3.05, 3.63) is 35.5 Å². The summed E-state index contributed by atoms with van der Waals surface area (Å²) in [6, 6.07) is 6.79. The number of methoxy groups -OCH3 is 1. The van der Waals surface area contributed by atoms with Crippen LogP contribution in [0.1, 0.15) is 23.0 Å². The minimum absolute atomic E-state index is 0.140. The Morgan fingerprint density at radius 1 is 1.37 bits per heavy atom. The summed E-state index contributed by atoms with van der Waals surface area (Å²) >= 11 is 0. The fourth-order valence-electron chi connectivity index (χ4n) is 1.82. The highest BCUT2D eigenvalue weighted by atomic mass is 16.5. The van der Waals surface area contributed by atoms with E-state index in [0.717, 1.165) is 5.39 Å². The molecule has 5 nitrogen and oxygen atoms in total. The van der Waals surface area contributed by atoms with Gasteiger partial charge < -0.3 is 14.6 Å². The molecule has 2 rings (SSSR count). The van der Waals surface area contributed by atoms with Crippen molar-refractivity contribution < 1.29 is 19.4 Å². The van der Waals surface area contributed by atoms with Crippen LogP contribution in [-0.4, -0.2) is 29.8 Å². The number of esters is 1. The zero-order valence-electron chi connectivity index (χ0n) is 10.8. The predicted molar refractivity (Wildman–Crippen MR) is 70.2 cm³/mol. The molecule has 100 valence electrons. The van der Waals surface area contributed by atoms with Crippen molar-refractivity contribution in [2.45, 2.75) is 13.5 Å². The van der Waals surface area contributed by atoms with Gasteiger partial charge >= 0.3 is 5.97 Å². The second-order valence-electron chi connectivity index (χ2n) is 3.93. The summed E-state index contributed by atoms with van der Waals surface area (Å²) in [4.78, 5) is 16.0. The second kappa shape index (κ2) is 5.67. The molecule has 0 aliphatic heterocycles. The van der Waals surface area contributed by atoms with Gasteiger partial charge in [-0.1, -0.05) is 6.07 Å². The van der Waals surface area contributed by atoms with Gasteiger partial charge in [0.25, 0.3) is 0 Å². The average Bonchev–Trinajstić information content (AvgIpc) is 2.45. The first-order valence-corrected chi connectivity index (χ1v) is 5.95. The van der Waals surface area contributed by atoms with E-state index in [1.54, 1.807) is 31.2 Å². The first-order valence-electron chi connectivity index (χ1n) is 5.95. The number of pyridine rings is 1. The molecule has 1 aromatic heterocycles. The normalized spacial score (nSPS) is 10.5. The van der Waals surface area contributed by atoms with Crippen molar-refractivity contribution >= 4 is 16.9 Å². The lowest BCUT2D eigenvalue weighted by Crippen LogP contribution is -2.05. The molecular formula is C14H15NO4. The van der Waals surface area contributed by atoms with Gasteiger partial charge in [-0.3, -0.25) is 0 Å². The van der Waals surface area contributed by atoms with Crippen molar-refractivity contribution in [1.29, 1.82) is 0 Å². The molecule has 0 amide bonds. The third-order valence-corrected chi connectivity index (χ3v) is 2.71. The number of benzene rings is 1. The molecule has 0 unspecified atom stereocenters. The summed E-state index contributed by atoms with van der Waals surface area (Å²) < 4.78 is 10.2. The highest BCUT2D eigenvalue weighted by Crippen LogP contribution is 2.26. The molecule has 1 heterocycles. The van der Waals surface area contributed by atoms with E-state index in [9.17, 15) is 4.79 Å². The quantitative estimate of drug-likeness (QED) is 0.851. The zero-order chi connectivity index (χ0) is 13.8. The highest BCUT2D eigenvalue weighted by Gasteiger charge is 2.12. The van der Waals surface area contributed by atoms with Crippen LogP contribution in [0.2, 0.25) is 0 Å². The second-order valence-corrected chi connectivity index (χ2v) is 3.93. The Balaban J connectivity index is 2.57. The Bertz CT molecular complexity index is 610. The van der Waals surface area contributed by atoms with Gasteiger partial charge in [0.15, 0.2) is 0 Å². The van der Waals surface area contributed by atoms with Crippen LogP contribution in [0.3, 0.4) is 0 Å². The third-order valence-electron chi connectivity index (χ3n) is 2.71. The number of aliphatic hydroxyl groups is 1. The Kier molecular flexibility index (Phi) is 3.97. The summed E-state index contributed by atoms with van der Waals surface area (Å²) in [5.74, 6) is 0.0878. The molecule has 0 spiro atoms. The number of rotatable bonds is 4. The first kappa shape index (κ1) is 13.3. The summed E-state index contributed by atoms with van der Waals surface area (Å²) in [5, 5.41) is 9.86. The van der Waals surface area contributed by atoms with E-state index in [2.05, 4.69) is 4.98 Å². The number of nitrogens with zero attached hydrogens (tertiary/aromatic N) is 1. The largest absolute Gasteiger partial charge is 0.494 e. The van der Waals surface area contributed by atoms with E-state index in [1.807, 2.05) is 0 Å². The van der Waals surface area contributed by atoms with Crippen LogP contribution in [0.4, 0.5) is 0 Å². The molecule has 1 N–H and O–H groups in total. The number of carbonyl (C=O) groups is 1. The first-order chi connectivity index (χ1) is 9.19. The number of carbonyl (C=O) groups excluding carboxylic acids is 1. The van der Waals surface area contributed by atoms with Crippen LogP contribution in [0, 0.1) is 0 Å². The van der Waals surface area contributed by atoms with E-state index < -0.39 is 5.97 Å². The van der Waals surface area contributed by atoms with Crippen molar-refractivity contribution in [1.82, 2.24) is 4.98 Å². The number of aliphatic hydroxyl groups excluding tert-OH is 1. The molecule has 0 saturated carbocycles. The van der Waals surface area contributed by atoms with Crippen molar-refractivity contribution in [3.8, 4) is 5.75 Å². The Hall–Kier alpha value is -2.14. The minimum Gasteiger partial charge on any atom is -0.494 e. The fourth-order valence-corrected chi connectivity index (χ4v) is 1.82. The van der Waals surface area contributed by atoms with E-state index in [-0.39, 0.29) is 6.61 Å². The van der Waals surface area contributed by atoms with Crippen LogP contribution in [0.15, 0.2) is 24.3 Å². The molecule has 0 aliphatic carbocycles. The van der Waals surface area contributed by atoms with Gasteiger partial charge in [0, 0.05) is 5.39 Å². The minimum atomic E-state index is -0.395. The topological polar surface area (TPSA) is 68.7 Å². The van der Waals surface area contributed by atoms with E-state index in [1.165, 1.54) is 7.11 Å². The lowest BCUT2D eigenvalue weighted by Gasteiger charge is -2.09. The van der Waals surface area contributed by atoms with E-state index in [4.69, 9.17) is 14.6 Å². The Labute approximate surface area is 110 Å². The molecule has 19 heavy (non-hydrogen) atoms. The van der Waals surface area contributed by atoms with Gasteiger partial charge in [0.05, 0.1) is 31.6 Å². The van der Waals surface area contributed by atoms with Gasteiger partial charge in [-0.25, -0.2) is 9.78 Å². The monoisotopic (exact) mass is 261 g/mol. The van der Waals surface area contributed by atoms with Crippen LogP contribution >= 0.6 is 0 Å². The highest BCUT2D eigenvalue weighted by molar-refractivity contribution is 5.97.